The second-order valence-electron chi connectivity index (χ2n) is 6.19. The van der Waals surface area contributed by atoms with Gasteiger partial charge in [0.2, 0.25) is 0 Å². The Balaban J connectivity index is 1.80. The summed E-state index contributed by atoms with van der Waals surface area (Å²) in [4.78, 5) is 19.5. The topological polar surface area (TPSA) is 33.2 Å². The van der Waals surface area contributed by atoms with Gasteiger partial charge in [0.25, 0.3) is 5.91 Å². The molecule has 1 amide bonds. The van der Waals surface area contributed by atoms with Crippen molar-refractivity contribution in [2.45, 2.75) is 20.3 Å². The minimum Gasteiger partial charge on any atom is -0.292 e. The summed E-state index contributed by atoms with van der Waals surface area (Å²) in [5.74, 6) is 0.859. The van der Waals surface area contributed by atoms with Crippen molar-refractivity contribution in [1.82, 2.24) is 4.98 Å². The monoisotopic (exact) mass is 302 g/mol. The Kier molecular flexibility index (Phi) is 3.15. The lowest BCUT2D eigenvalue weighted by Gasteiger charge is -2.18. The van der Waals surface area contributed by atoms with Gasteiger partial charge in [0, 0.05) is 17.5 Å². The third kappa shape index (κ3) is 2.29. The van der Waals surface area contributed by atoms with Gasteiger partial charge in [-0.3, -0.25) is 9.69 Å². The third-order valence-electron chi connectivity index (χ3n) is 4.51. The molecule has 0 saturated carbocycles. The molecule has 1 aliphatic rings. The first-order chi connectivity index (χ1) is 11.1. The molecule has 0 spiro atoms. The predicted octanol–water partition coefficient (Wildman–Crippen LogP) is 4.05. The molecule has 23 heavy (non-hydrogen) atoms. The Morgan fingerprint density at radius 3 is 2.74 bits per heavy atom. The predicted molar refractivity (Wildman–Crippen MR) is 93.0 cm³/mol. The van der Waals surface area contributed by atoms with Crippen LogP contribution in [0.4, 0.5) is 5.82 Å². The van der Waals surface area contributed by atoms with Crippen LogP contribution in [-0.4, -0.2) is 17.4 Å². The van der Waals surface area contributed by atoms with Crippen molar-refractivity contribution in [3.63, 3.8) is 0 Å². The number of fused-ring (bicyclic) bond motifs is 2. The van der Waals surface area contributed by atoms with Crippen molar-refractivity contribution < 1.29 is 4.79 Å². The molecular formula is C20H18N2O. The average molecular weight is 302 g/mol. The highest BCUT2D eigenvalue weighted by molar-refractivity contribution is 6.08. The number of hydrogen-bond acceptors (Lipinski definition) is 2. The van der Waals surface area contributed by atoms with Crippen LogP contribution >= 0.6 is 0 Å². The van der Waals surface area contributed by atoms with E-state index in [1.54, 1.807) is 0 Å². The maximum absolute atomic E-state index is 12.9. The molecule has 2 aromatic carbocycles. The van der Waals surface area contributed by atoms with Crippen LogP contribution in [0.15, 0.2) is 48.5 Å². The molecule has 2 heterocycles. The molecule has 0 saturated heterocycles. The fraction of sp³-hybridized carbons (Fsp3) is 0.200. The summed E-state index contributed by atoms with van der Waals surface area (Å²) in [5, 5.41) is 1.14. The molecular weight excluding hydrogens is 284 g/mol. The van der Waals surface area contributed by atoms with Crippen molar-refractivity contribution >= 4 is 22.6 Å². The van der Waals surface area contributed by atoms with Crippen LogP contribution in [0.3, 0.4) is 0 Å². The molecule has 3 aromatic rings. The molecule has 4 rings (SSSR count). The zero-order valence-electron chi connectivity index (χ0n) is 13.3. The molecule has 0 N–H and O–H groups in total. The molecule has 0 radical (unpaired) electrons. The molecule has 3 heteroatoms. The van der Waals surface area contributed by atoms with E-state index in [4.69, 9.17) is 4.98 Å². The molecule has 0 unspecified atom stereocenters. The Morgan fingerprint density at radius 1 is 1.09 bits per heavy atom. The van der Waals surface area contributed by atoms with Crippen molar-refractivity contribution in [1.29, 1.82) is 0 Å². The van der Waals surface area contributed by atoms with Crippen LogP contribution in [0.1, 0.15) is 27.0 Å². The summed E-state index contributed by atoms with van der Waals surface area (Å²) in [6, 6.07) is 16.2. The molecule has 0 aliphatic carbocycles. The molecule has 0 bridgehead atoms. The first kappa shape index (κ1) is 13.9. The normalized spacial score (nSPS) is 13.4. The van der Waals surface area contributed by atoms with Gasteiger partial charge in [0.1, 0.15) is 5.82 Å². The van der Waals surface area contributed by atoms with E-state index in [0.29, 0.717) is 6.54 Å². The highest BCUT2D eigenvalue weighted by Crippen LogP contribution is 2.31. The lowest BCUT2D eigenvalue weighted by Crippen LogP contribution is -2.30. The molecule has 3 nitrogen and oxygen atoms in total. The second-order valence-corrected chi connectivity index (χ2v) is 6.19. The minimum absolute atomic E-state index is 0.0429. The third-order valence-corrected chi connectivity index (χ3v) is 4.51. The lowest BCUT2D eigenvalue weighted by atomic mass is 10.1. The van der Waals surface area contributed by atoms with E-state index in [9.17, 15) is 4.79 Å². The first-order valence-corrected chi connectivity index (χ1v) is 7.91. The number of carbonyl (C=O) groups excluding carboxylic acids is 1. The zero-order valence-corrected chi connectivity index (χ0v) is 13.3. The molecule has 0 fully saturated rings. The number of carbonyl (C=O) groups is 1. The van der Waals surface area contributed by atoms with Gasteiger partial charge >= 0.3 is 0 Å². The number of nitrogens with zero attached hydrogens (tertiary/aromatic N) is 2. The SMILES string of the molecule is Cc1ccc2cc3c(nc2c1)N(C(=O)c1ccccc1C)CC3. The maximum Gasteiger partial charge on any atom is 0.259 e. The van der Waals surface area contributed by atoms with Crippen LogP contribution in [-0.2, 0) is 6.42 Å². The highest BCUT2D eigenvalue weighted by Gasteiger charge is 2.28. The quantitative estimate of drug-likeness (QED) is 0.679. The van der Waals surface area contributed by atoms with E-state index >= 15 is 0 Å². The Labute approximate surface area is 135 Å². The van der Waals surface area contributed by atoms with Gasteiger partial charge in [-0.05, 0) is 55.2 Å². The highest BCUT2D eigenvalue weighted by atomic mass is 16.2. The van der Waals surface area contributed by atoms with E-state index in [1.165, 1.54) is 5.56 Å². The Morgan fingerprint density at radius 2 is 1.91 bits per heavy atom. The summed E-state index contributed by atoms with van der Waals surface area (Å²) in [6.45, 7) is 4.73. The van der Waals surface area contributed by atoms with Gasteiger partial charge in [-0.25, -0.2) is 4.98 Å². The second kappa shape index (κ2) is 5.20. The van der Waals surface area contributed by atoms with Crippen LogP contribution in [0.2, 0.25) is 0 Å². The van der Waals surface area contributed by atoms with Gasteiger partial charge < -0.3 is 0 Å². The van der Waals surface area contributed by atoms with Crippen molar-refractivity contribution in [2.75, 3.05) is 11.4 Å². The zero-order chi connectivity index (χ0) is 16.0. The number of aromatic nitrogens is 1. The Hall–Kier alpha value is -2.68. The van der Waals surface area contributed by atoms with Gasteiger partial charge in [-0.15, -0.1) is 0 Å². The number of pyridine rings is 1. The maximum atomic E-state index is 12.9. The van der Waals surface area contributed by atoms with E-state index < -0.39 is 0 Å². The van der Waals surface area contributed by atoms with Crippen LogP contribution in [0, 0.1) is 13.8 Å². The molecule has 0 atom stereocenters. The van der Waals surface area contributed by atoms with Gasteiger partial charge in [0.15, 0.2) is 0 Å². The number of rotatable bonds is 1. The van der Waals surface area contributed by atoms with E-state index in [-0.39, 0.29) is 5.91 Å². The molecule has 1 aliphatic heterocycles. The lowest BCUT2D eigenvalue weighted by molar-refractivity contribution is 0.0988. The summed E-state index contributed by atoms with van der Waals surface area (Å²) < 4.78 is 0. The largest absolute Gasteiger partial charge is 0.292 e. The summed E-state index contributed by atoms with van der Waals surface area (Å²) in [7, 11) is 0. The van der Waals surface area contributed by atoms with Crippen molar-refractivity contribution in [2.24, 2.45) is 0 Å². The average Bonchev–Trinajstić information content (AvgIpc) is 2.95. The van der Waals surface area contributed by atoms with Crippen LogP contribution in [0.25, 0.3) is 10.9 Å². The number of hydrogen-bond donors (Lipinski definition) is 0. The van der Waals surface area contributed by atoms with Crippen molar-refractivity contribution in [3.05, 3.63) is 70.8 Å². The van der Waals surface area contributed by atoms with E-state index in [0.717, 1.165) is 39.8 Å². The minimum atomic E-state index is 0.0429. The number of anilines is 1. The van der Waals surface area contributed by atoms with Gasteiger partial charge in [-0.2, -0.15) is 0 Å². The van der Waals surface area contributed by atoms with E-state index in [1.807, 2.05) is 36.1 Å². The van der Waals surface area contributed by atoms with Crippen molar-refractivity contribution in [3.8, 4) is 0 Å². The van der Waals surface area contributed by atoms with Crippen LogP contribution in [0.5, 0.6) is 0 Å². The van der Waals surface area contributed by atoms with E-state index in [2.05, 4.69) is 31.2 Å². The Bertz CT molecular complexity index is 930. The fourth-order valence-electron chi connectivity index (χ4n) is 3.22. The number of benzene rings is 2. The molecule has 1 aromatic heterocycles. The fourth-order valence-corrected chi connectivity index (χ4v) is 3.22. The number of amides is 1. The summed E-state index contributed by atoms with van der Waals surface area (Å²) in [5.41, 5.74) is 5.05. The first-order valence-electron chi connectivity index (χ1n) is 7.91. The van der Waals surface area contributed by atoms with Gasteiger partial charge in [0.05, 0.1) is 5.52 Å². The smallest absolute Gasteiger partial charge is 0.259 e. The standard InChI is InChI=1S/C20H18N2O/c1-13-7-8-15-12-16-9-10-22(19(16)21-18(15)11-13)20(23)17-6-4-3-5-14(17)2/h3-8,11-12H,9-10H2,1-2H3. The summed E-state index contributed by atoms with van der Waals surface area (Å²) in [6.07, 6.45) is 0.865. The molecule has 114 valence electrons. The van der Waals surface area contributed by atoms with Crippen LogP contribution < -0.4 is 4.90 Å². The summed E-state index contributed by atoms with van der Waals surface area (Å²) >= 11 is 0. The van der Waals surface area contributed by atoms with Gasteiger partial charge in [-0.1, -0.05) is 30.3 Å². The number of aryl methyl sites for hydroxylation is 2.